The minimum absolute atomic E-state index is 0.0100. The number of halogens is 1. The highest BCUT2D eigenvalue weighted by molar-refractivity contribution is 6.33. The molecule has 0 aromatic rings. The molecule has 1 aliphatic rings. The lowest BCUT2D eigenvalue weighted by Crippen LogP contribution is -2.30. The second kappa shape index (κ2) is 1.96. The van der Waals surface area contributed by atoms with Gasteiger partial charge in [0, 0.05) is 0 Å². The van der Waals surface area contributed by atoms with E-state index in [9.17, 15) is 4.79 Å². The third kappa shape index (κ3) is 1.10. The molecule has 1 aliphatic heterocycles. The molecule has 0 saturated carbocycles. The van der Waals surface area contributed by atoms with E-state index in [4.69, 9.17) is 16.3 Å². The molecule has 0 aliphatic carbocycles. The zero-order valence-electron chi connectivity index (χ0n) is 5.48. The van der Waals surface area contributed by atoms with Crippen LogP contribution >= 0.6 is 11.6 Å². The Kier molecular flexibility index (Phi) is 1.53. The van der Waals surface area contributed by atoms with Crippen molar-refractivity contribution in [2.45, 2.75) is 24.8 Å². The zero-order valence-corrected chi connectivity index (χ0v) is 6.23. The summed E-state index contributed by atoms with van der Waals surface area (Å²) in [6, 6.07) is 0. The van der Waals surface area contributed by atoms with Gasteiger partial charge in [-0.15, -0.1) is 11.6 Å². The number of hydrogen-bond donors (Lipinski definition) is 0. The molecular formula is C6H9ClO2. The second-order valence-corrected chi connectivity index (χ2v) is 3.18. The summed E-state index contributed by atoms with van der Waals surface area (Å²) in [6.45, 7) is 3.82. The molecule has 1 unspecified atom stereocenters. The van der Waals surface area contributed by atoms with Gasteiger partial charge in [-0.3, -0.25) is 4.79 Å². The Hall–Kier alpha value is -0.0800. The first-order chi connectivity index (χ1) is 4.04. The molecule has 0 bridgehead atoms. The molecule has 2 nitrogen and oxygen atoms in total. The summed E-state index contributed by atoms with van der Waals surface area (Å²) in [6.07, 6.45) is 0. The lowest BCUT2D eigenvalue weighted by molar-refractivity contribution is -0.128. The van der Waals surface area contributed by atoms with Crippen molar-refractivity contribution >= 4 is 17.4 Å². The number of ketones is 1. The molecule has 0 N–H and O–H groups in total. The van der Waals surface area contributed by atoms with E-state index in [2.05, 4.69) is 0 Å². The molecule has 1 heterocycles. The van der Waals surface area contributed by atoms with Gasteiger partial charge in [0.15, 0.2) is 5.78 Å². The van der Waals surface area contributed by atoms with Crippen LogP contribution < -0.4 is 0 Å². The molecule has 9 heavy (non-hydrogen) atoms. The van der Waals surface area contributed by atoms with Crippen LogP contribution in [-0.4, -0.2) is 23.4 Å². The summed E-state index contributed by atoms with van der Waals surface area (Å²) in [5.74, 6) is -0.0100. The maximum absolute atomic E-state index is 11.0. The zero-order chi connectivity index (χ0) is 7.07. The Balaban J connectivity index is 2.74. The van der Waals surface area contributed by atoms with Crippen LogP contribution in [0.3, 0.4) is 0 Å². The molecule has 1 rings (SSSR count). The van der Waals surface area contributed by atoms with Gasteiger partial charge >= 0.3 is 0 Å². The summed E-state index contributed by atoms with van der Waals surface area (Å²) in [5.41, 5.74) is -0.646. The van der Waals surface area contributed by atoms with Crippen LogP contribution in [0.4, 0.5) is 0 Å². The molecule has 0 radical (unpaired) electrons. The maximum atomic E-state index is 11.0. The second-order valence-electron chi connectivity index (χ2n) is 2.65. The quantitative estimate of drug-likeness (QED) is 0.479. The minimum atomic E-state index is -0.646. The molecule has 1 fully saturated rings. The average Bonchev–Trinajstić information content (AvgIpc) is 1.97. The Labute approximate surface area is 59.1 Å². The van der Waals surface area contributed by atoms with Crippen LogP contribution in [0, 0.1) is 0 Å². The molecule has 1 saturated heterocycles. The predicted molar refractivity (Wildman–Crippen MR) is 34.7 cm³/mol. The maximum Gasteiger partial charge on any atom is 0.184 e. The summed E-state index contributed by atoms with van der Waals surface area (Å²) >= 11 is 5.57. The van der Waals surface area contributed by atoms with Gasteiger partial charge in [0.2, 0.25) is 0 Å². The Morgan fingerprint density at radius 2 is 2.33 bits per heavy atom. The normalized spacial score (nSPS) is 33.2. The van der Waals surface area contributed by atoms with Gasteiger partial charge in [-0.05, 0) is 13.8 Å². The van der Waals surface area contributed by atoms with Gasteiger partial charge in [0.05, 0.1) is 6.61 Å². The Morgan fingerprint density at radius 3 is 2.44 bits per heavy atom. The van der Waals surface area contributed by atoms with E-state index >= 15 is 0 Å². The number of alkyl halides is 1. The van der Waals surface area contributed by atoms with Crippen molar-refractivity contribution in [2.24, 2.45) is 0 Å². The van der Waals surface area contributed by atoms with Crippen LogP contribution in [0.2, 0.25) is 0 Å². The monoisotopic (exact) mass is 148 g/mol. The van der Waals surface area contributed by atoms with Crippen molar-refractivity contribution < 1.29 is 9.53 Å². The molecule has 0 amide bonds. The highest BCUT2D eigenvalue weighted by Crippen LogP contribution is 2.23. The third-order valence-electron chi connectivity index (χ3n) is 1.47. The van der Waals surface area contributed by atoms with Gasteiger partial charge in [-0.25, -0.2) is 0 Å². The van der Waals surface area contributed by atoms with Gasteiger partial charge in [0.25, 0.3) is 0 Å². The van der Waals surface area contributed by atoms with Gasteiger partial charge in [0.1, 0.15) is 11.0 Å². The van der Waals surface area contributed by atoms with Crippen molar-refractivity contribution in [1.29, 1.82) is 0 Å². The van der Waals surface area contributed by atoms with E-state index in [0.29, 0.717) is 6.61 Å². The minimum Gasteiger partial charge on any atom is -0.366 e. The van der Waals surface area contributed by atoms with Crippen molar-refractivity contribution in [1.82, 2.24) is 0 Å². The first-order valence-electron chi connectivity index (χ1n) is 2.86. The van der Waals surface area contributed by atoms with E-state index in [1.165, 1.54) is 0 Å². The average molecular weight is 149 g/mol. The van der Waals surface area contributed by atoms with Gasteiger partial charge in [-0.2, -0.15) is 0 Å². The number of hydrogen-bond acceptors (Lipinski definition) is 2. The SMILES string of the molecule is CC1(C)OCC(Cl)C1=O. The van der Waals surface area contributed by atoms with Crippen LogP contribution in [0.15, 0.2) is 0 Å². The van der Waals surface area contributed by atoms with Crippen LogP contribution in [-0.2, 0) is 9.53 Å². The molecule has 1 atom stereocenters. The molecule has 0 spiro atoms. The van der Waals surface area contributed by atoms with Crippen LogP contribution in [0.1, 0.15) is 13.8 Å². The number of carbonyl (C=O) groups is 1. The standard InChI is InChI=1S/C6H9ClO2/c1-6(2)5(8)4(7)3-9-6/h4H,3H2,1-2H3. The van der Waals surface area contributed by atoms with Crippen molar-refractivity contribution in [3.8, 4) is 0 Å². The summed E-state index contributed by atoms with van der Waals surface area (Å²) in [7, 11) is 0. The lowest BCUT2D eigenvalue weighted by Gasteiger charge is -2.12. The Morgan fingerprint density at radius 1 is 1.78 bits per heavy atom. The van der Waals surface area contributed by atoms with Gasteiger partial charge in [-0.1, -0.05) is 0 Å². The van der Waals surface area contributed by atoms with E-state index in [1.807, 2.05) is 0 Å². The fourth-order valence-electron chi connectivity index (χ4n) is 0.805. The largest absolute Gasteiger partial charge is 0.366 e. The van der Waals surface area contributed by atoms with Crippen molar-refractivity contribution in [3.05, 3.63) is 0 Å². The third-order valence-corrected chi connectivity index (χ3v) is 1.79. The van der Waals surface area contributed by atoms with E-state index in [-0.39, 0.29) is 5.78 Å². The summed E-state index contributed by atoms with van der Waals surface area (Å²) < 4.78 is 5.08. The Bertz CT molecular complexity index is 142. The summed E-state index contributed by atoms with van der Waals surface area (Å²) in [5, 5.41) is -0.431. The lowest BCUT2D eigenvalue weighted by atomic mass is 10.0. The molecular weight excluding hydrogens is 140 g/mol. The highest BCUT2D eigenvalue weighted by atomic mass is 35.5. The first kappa shape index (κ1) is 7.03. The van der Waals surface area contributed by atoms with Gasteiger partial charge < -0.3 is 4.74 Å². The van der Waals surface area contributed by atoms with Crippen molar-refractivity contribution in [3.63, 3.8) is 0 Å². The van der Waals surface area contributed by atoms with E-state index in [1.54, 1.807) is 13.8 Å². The van der Waals surface area contributed by atoms with Crippen LogP contribution in [0.25, 0.3) is 0 Å². The molecule has 3 heteroatoms. The fraction of sp³-hybridized carbons (Fsp3) is 0.833. The number of Topliss-reactive ketones (excluding diaryl/α,β-unsaturated/α-hetero) is 1. The summed E-state index contributed by atoms with van der Waals surface area (Å²) in [4.78, 5) is 11.0. The van der Waals surface area contributed by atoms with Crippen molar-refractivity contribution in [2.75, 3.05) is 6.61 Å². The topological polar surface area (TPSA) is 26.3 Å². The van der Waals surface area contributed by atoms with E-state index in [0.717, 1.165) is 0 Å². The number of carbonyl (C=O) groups excluding carboxylic acids is 1. The smallest absolute Gasteiger partial charge is 0.184 e. The first-order valence-corrected chi connectivity index (χ1v) is 3.30. The molecule has 52 valence electrons. The number of rotatable bonds is 0. The fourth-order valence-corrected chi connectivity index (χ4v) is 1.13. The van der Waals surface area contributed by atoms with E-state index < -0.39 is 11.0 Å². The van der Waals surface area contributed by atoms with Crippen LogP contribution in [0.5, 0.6) is 0 Å². The highest BCUT2D eigenvalue weighted by Gasteiger charge is 2.40. The predicted octanol–water partition coefficient (Wildman–Crippen LogP) is 0.972. The number of ether oxygens (including phenoxy) is 1. The molecule has 0 aromatic heterocycles. The molecule has 0 aromatic carbocycles.